The molecule has 0 fully saturated rings. The minimum atomic E-state index is -0.723. The third-order valence-corrected chi connectivity index (χ3v) is 3.60. The number of carbonyl (C=O) groups is 2. The highest BCUT2D eigenvalue weighted by Crippen LogP contribution is 2.15. The van der Waals surface area contributed by atoms with Crippen molar-refractivity contribution in [3.8, 4) is 5.75 Å². The minimum absolute atomic E-state index is 0.168. The second-order valence-electron chi connectivity index (χ2n) is 6.85. The van der Waals surface area contributed by atoms with Crippen LogP contribution in [0, 0.1) is 0 Å². The number of amides is 1. The van der Waals surface area contributed by atoms with E-state index in [0.717, 1.165) is 24.2 Å². The number of benzene rings is 1. The van der Waals surface area contributed by atoms with Crippen molar-refractivity contribution in [2.24, 2.45) is 0 Å². The highest BCUT2D eigenvalue weighted by atomic mass is 35.5. The van der Waals surface area contributed by atoms with Crippen molar-refractivity contribution in [1.29, 1.82) is 0 Å². The second kappa shape index (κ2) is 10.3. The van der Waals surface area contributed by atoms with Gasteiger partial charge >= 0.3 is 6.09 Å². The van der Waals surface area contributed by atoms with Crippen LogP contribution >= 0.6 is 11.6 Å². The predicted octanol–water partition coefficient (Wildman–Crippen LogP) is 4.11. The van der Waals surface area contributed by atoms with Crippen LogP contribution in [0.1, 0.15) is 46.1 Å². The van der Waals surface area contributed by atoms with Gasteiger partial charge in [-0.3, -0.25) is 4.79 Å². The van der Waals surface area contributed by atoms with Gasteiger partial charge in [-0.1, -0.05) is 25.5 Å². The van der Waals surface area contributed by atoms with Gasteiger partial charge in [0.05, 0.1) is 18.5 Å². The summed E-state index contributed by atoms with van der Waals surface area (Å²) in [7, 11) is 0. The molecule has 0 heterocycles. The average Bonchev–Trinajstić information content (AvgIpc) is 2.53. The molecule has 0 aliphatic rings. The van der Waals surface area contributed by atoms with E-state index in [1.807, 2.05) is 24.3 Å². The molecule has 5 nitrogen and oxygen atoms in total. The maximum Gasteiger partial charge on any atom is 0.408 e. The maximum atomic E-state index is 12.0. The first kappa shape index (κ1) is 21.3. The number of nitrogens with one attached hydrogen (secondary N) is 1. The fraction of sp³-hybridized carbons (Fsp3) is 0.579. The van der Waals surface area contributed by atoms with Crippen LogP contribution in [0.2, 0.25) is 0 Å². The van der Waals surface area contributed by atoms with Gasteiger partial charge in [-0.2, -0.15) is 0 Å². The average molecular weight is 370 g/mol. The molecular formula is C19H28ClNO4. The van der Waals surface area contributed by atoms with Gasteiger partial charge in [0.1, 0.15) is 11.4 Å². The number of unbranched alkanes of at least 4 members (excludes halogenated alkanes) is 1. The zero-order valence-corrected chi connectivity index (χ0v) is 16.2. The molecule has 0 saturated heterocycles. The van der Waals surface area contributed by atoms with Crippen LogP contribution in [0.4, 0.5) is 4.79 Å². The van der Waals surface area contributed by atoms with Gasteiger partial charge in [0.2, 0.25) is 0 Å². The Kier molecular flexibility index (Phi) is 8.76. The zero-order valence-electron chi connectivity index (χ0n) is 15.4. The Morgan fingerprint density at radius 3 is 2.36 bits per heavy atom. The summed E-state index contributed by atoms with van der Waals surface area (Å²) in [6, 6.07) is 6.76. The summed E-state index contributed by atoms with van der Waals surface area (Å²) < 4.78 is 10.8. The zero-order chi connectivity index (χ0) is 18.9. The number of alkyl halides is 1. The summed E-state index contributed by atoms with van der Waals surface area (Å²) in [5.41, 5.74) is 0.276. The number of ketones is 1. The van der Waals surface area contributed by atoms with Gasteiger partial charge in [0, 0.05) is 0 Å². The van der Waals surface area contributed by atoms with Gasteiger partial charge in [0.15, 0.2) is 5.78 Å². The first-order chi connectivity index (χ1) is 11.7. The molecule has 25 heavy (non-hydrogen) atoms. The summed E-state index contributed by atoms with van der Waals surface area (Å²) in [5, 5.41) is 2.60. The van der Waals surface area contributed by atoms with Crippen molar-refractivity contribution in [2.75, 3.05) is 12.5 Å². The van der Waals surface area contributed by atoms with E-state index in [0.29, 0.717) is 13.0 Å². The van der Waals surface area contributed by atoms with E-state index < -0.39 is 17.7 Å². The van der Waals surface area contributed by atoms with Gasteiger partial charge in [0.25, 0.3) is 0 Å². The lowest BCUT2D eigenvalue weighted by atomic mass is 10.0. The number of hydrogen-bond donors (Lipinski definition) is 1. The van der Waals surface area contributed by atoms with Crippen LogP contribution in [0.5, 0.6) is 5.75 Å². The Balaban J connectivity index is 2.68. The van der Waals surface area contributed by atoms with Gasteiger partial charge < -0.3 is 14.8 Å². The molecular weight excluding hydrogens is 342 g/mol. The minimum Gasteiger partial charge on any atom is -0.494 e. The van der Waals surface area contributed by atoms with Crippen LogP contribution in [0.15, 0.2) is 24.3 Å². The van der Waals surface area contributed by atoms with E-state index in [2.05, 4.69) is 12.2 Å². The van der Waals surface area contributed by atoms with E-state index in [9.17, 15) is 9.59 Å². The molecule has 1 amide bonds. The van der Waals surface area contributed by atoms with Crippen molar-refractivity contribution >= 4 is 23.5 Å². The number of rotatable bonds is 9. The first-order valence-corrected chi connectivity index (χ1v) is 9.08. The molecule has 0 bridgehead atoms. The molecule has 0 aliphatic heterocycles. The lowest BCUT2D eigenvalue weighted by Crippen LogP contribution is -2.45. The standard InChI is InChI=1S/C19H28ClNO4/c1-5-6-11-24-15-9-7-14(8-10-15)12-16(17(22)13-20)21-18(23)25-19(2,3)4/h7-10,16H,5-6,11-13H2,1-4H3,(H,21,23)/t16-/m0/s1. The van der Waals surface area contributed by atoms with Crippen LogP contribution in [-0.4, -0.2) is 36.0 Å². The number of carbonyl (C=O) groups excluding carboxylic acids is 2. The Hall–Kier alpha value is -1.75. The third-order valence-electron chi connectivity index (χ3n) is 3.34. The molecule has 0 aromatic heterocycles. The Labute approximate surface area is 155 Å². The summed E-state index contributed by atoms with van der Waals surface area (Å²) in [5.74, 6) is 0.368. The first-order valence-electron chi connectivity index (χ1n) is 8.55. The summed E-state index contributed by atoms with van der Waals surface area (Å²) >= 11 is 5.66. The number of halogens is 1. The lowest BCUT2D eigenvalue weighted by Gasteiger charge is -2.23. The van der Waals surface area contributed by atoms with Gasteiger partial charge in [-0.25, -0.2) is 4.79 Å². The van der Waals surface area contributed by atoms with E-state index in [1.165, 1.54) is 0 Å². The fourth-order valence-electron chi connectivity index (χ4n) is 2.08. The smallest absolute Gasteiger partial charge is 0.408 e. The SMILES string of the molecule is CCCCOc1ccc(C[C@H](NC(=O)OC(C)(C)C)C(=O)CCl)cc1. The molecule has 1 aromatic carbocycles. The molecule has 1 rings (SSSR count). The van der Waals surface area contributed by atoms with Gasteiger partial charge in [-0.15, -0.1) is 11.6 Å². The molecule has 0 saturated carbocycles. The monoisotopic (exact) mass is 369 g/mol. The van der Waals surface area contributed by atoms with Crippen LogP contribution in [0.25, 0.3) is 0 Å². The number of ether oxygens (including phenoxy) is 2. The largest absolute Gasteiger partial charge is 0.494 e. The second-order valence-corrected chi connectivity index (χ2v) is 7.12. The van der Waals surface area contributed by atoms with Crippen LogP contribution in [-0.2, 0) is 16.0 Å². The van der Waals surface area contributed by atoms with Crippen molar-refractivity contribution in [2.45, 2.75) is 58.6 Å². The van der Waals surface area contributed by atoms with Crippen molar-refractivity contribution < 1.29 is 19.1 Å². The topological polar surface area (TPSA) is 64.6 Å². The highest BCUT2D eigenvalue weighted by Gasteiger charge is 2.24. The van der Waals surface area contributed by atoms with Crippen LogP contribution in [0.3, 0.4) is 0 Å². The Morgan fingerprint density at radius 1 is 1.20 bits per heavy atom. The predicted molar refractivity (Wildman–Crippen MR) is 99.4 cm³/mol. The molecule has 6 heteroatoms. The Bertz CT molecular complexity index is 552. The molecule has 1 N–H and O–H groups in total. The van der Waals surface area contributed by atoms with Crippen molar-refractivity contribution in [3.05, 3.63) is 29.8 Å². The highest BCUT2D eigenvalue weighted by molar-refractivity contribution is 6.28. The molecule has 1 aromatic rings. The number of Topliss-reactive ketones (excluding diaryl/α,β-unsaturated/α-hetero) is 1. The van der Waals surface area contributed by atoms with Crippen molar-refractivity contribution in [1.82, 2.24) is 5.32 Å². The summed E-state index contributed by atoms with van der Waals surface area (Å²) in [6.45, 7) is 8.09. The van der Waals surface area contributed by atoms with Gasteiger partial charge in [-0.05, 0) is 51.3 Å². The summed E-state index contributed by atoms with van der Waals surface area (Å²) in [6.07, 6.45) is 1.81. The molecule has 1 atom stereocenters. The molecule has 0 unspecified atom stereocenters. The molecule has 0 spiro atoms. The van der Waals surface area contributed by atoms with E-state index >= 15 is 0 Å². The maximum absolute atomic E-state index is 12.0. The fourth-order valence-corrected chi connectivity index (χ4v) is 2.27. The van der Waals surface area contributed by atoms with Crippen molar-refractivity contribution in [3.63, 3.8) is 0 Å². The van der Waals surface area contributed by atoms with Crippen LogP contribution < -0.4 is 10.1 Å². The normalized spacial score (nSPS) is 12.4. The molecule has 0 aliphatic carbocycles. The lowest BCUT2D eigenvalue weighted by molar-refractivity contribution is -0.118. The number of hydrogen-bond acceptors (Lipinski definition) is 4. The number of alkyl carbamates (subject to hydrolysis) is 1. The third kappa shape index (κ3) is 8.77. The Morgan fingerprint density at radius 2 is 1.84 bits per heavy atom. The van der Waals surface area contributed by atoms with E-state index in [1.54, 1.807) is 20.8 Å². The summed E-state index contributed by atoms with van der Waals surface area (Å²) in [4.78, 5) is 24.0. The molecule has 140 valence electrons. The molecule has 0 radical (unpaired) electrons. The van der Waals surface area contributed by atoms with E-state index in [-0.39, 0.29) is 11.7 Å². The quantitative estimate of drug-likeness (QED) is 0.525. The van der Waals surface area contributed by atoms with E-state index in [4.69, 9.17) is 21.1 Å².